The van der Waals surface area contributed by atoms with Crippen molar-refractivity contribution in [1.29, 1.82) is 0 Å². The number of nitrogens with two attached hydrogens (primary N) is 1. The van der Waals surface area contributed by atoms with Crippen LogP contribution in [0.2, 0.25) is 0 Å². The zero-order valence-electron chi connectivity index (χ0n) is 10.2. The smallest absolute Gasteiger partial charge is 0.162 e. The first-order chi connectivity index (χ1) is 8.75. The minimum absolute atomic E-state index is 0.668. The quantitative estimate of drug-likeness (QED) is 0.744. The molecule has 4 nitrogen and oxygen atoms in total. The number of hydrogen-bond acceptors (Lipinski definition) is 3. The number of anilines is 1. The Morgan fingerprint density at radius 1 is 1.06 bits per heavy atom. The van der Waals surface area contributed by atoms with Crippen LogP contribution in [0.15, 0.2) is 42.5 Å². The molecule has 1 aromatic carbocycles. The first-order valence-corrected chi connectivity index (χ1v) is 5.89. The van der Waals surface area contributed by atoms with Crippen molar-refractivity contribution in [1.82, 2.24) is 14.6 Å². The molecule has 0 radical (unpaired) electrons. The Bertz CT molecular complexity index is 700. The van der Waals surface area contributed by atoms with Crippen LogP contribution in [0.5, 0.6) is 0 Å². The standard InChI is InChI=1S/C14H14N4/c1-10-5-2-3-6-11(10)9-14-17-16-13-8-4-7-12(15)18(13)14/h2-8H,9,15H2,1H3. The third kappa shape index (κ3) is 1.72. The number of rotatable bonds is 2. The van der Waals surface area contributed by atoms with E-state index in [4.69, 9.17) is 5.73 Å². The number of hydrogen-bond donors (Lipinski definition) is 1. The lowest BCUT2D eigenvalue weighted by Crippen LogP contribution is -2.02. The molecule has 0 saturated heterocycles. The van der Waals surface area contributed by atoms with Crippen LogP contribution in [-0.4, -0.2) is 14.6 Å². The van der Waals surface area contributed by atoms with Gasteiger partial charge in [0.15, 0.2) is 5.65 Å². The monoisotopic (exact) mass is 238 g/mol. The van der Waals surface area contributed by atoms with Crippen molar-refractivity contribution >= 4 is 11.5 Å². The normalized spacial score (nSPS) is 10.9. The third-order valence-corrected chi connectivity index (χ3v) is 3.14. The number of pyridine rings is 1. The molecular weight excluding hydrogens is 224 g/mol. The van der Waals surface area contributed by atoms with Gasteiger partial charge in [-0.3, -0.25) is 4.40 Å². The average molecular weight is 238 g/mol. The largest absolute Gasteiger partial charge is 0.385 e. The van der Waals surface area contributed by atoms with Gasteiger partial charge in [-0.2, -0.15) is 0 Å². The molecule has 0 fully saturated rings. The van der Waals surface area contributed by atoms with Gasteiger partial charge in [-0.1, -0.05) is 30.3 Å². The number of benzene rings is 1. The maximum absolute atomic E-state index is 5.98. The Morgan fingerprint density at radius 2 is 1.89 bits per heavy atom. The molecule has 0 aliphatic heterocycles. The molecule has 0 aliphatic carbocycles. The minimum atomic E-state index is 0.668. The Labute approximate surface area is 105 Å². The molecule has 90 valence electrons. The van der Waals surface area contributed by atoms with E-state index in [1.165, 1.54) is 11.1 Å². The zero-order chi connectivity index (χ0) is 12.5. The van der Waals surface area contributed by atoms with Crippen LogP contribution < -0.4 is 5.73 Å². The summed E-state index contributed by atoms with van der Waals surface area (Å²) in [6.07, 6.45) is 0.738. The summed E-state index contributed by atoms with van der Waals surface area (Å²) in [4.78, 5) is 0. The van der Waals surface area contributed by atoms with E-state index < -0.39 is 0 Å². The van der Waals surface area contributed by atoms with Crippen molar-refractivity contribution in [2.24, 2.45) is 0 Å². The van der Waals surface area contributed by atoms with E-state index in [9.17, 15) is 0 Å². The van der Waals surface area contributed by atoms with Crippen molar-refractivity contribution in [3.8, 4) is 0 Å². The molecule has 3 aromatic rings. The highest BCUT2D eigenvalue weighted by Crippen LogP contribution is 2.15. The molecule has 2 N–H and O–H groups in total. The Hall–Kier alpha value is -2.36. The number of fused-ring (bicyclic) bond motifs is 1. The zero-order valence-corrected chi connectivity index (χ0v) is 10.2. The molecule has 0 atom stereocenters. The second-order valence-electron chi connectivity index (χ2n) is 4.36. The van der Waals surface area contributed by atoms with Crippen molar-refractivity contribution in [3.05, 3.63) is 59.4 Å². The fraction of sp³-hybridized carbons (Fsp3) is 0.143. The van der Waals surface area contributed by atoms with Crippen LogP contribution >= 0.6 is 0 Å². The van der Waals surface area contributed by atoms with E-state index >= 15 is 0 Å². The number of nitrogen functional groups attached to an aromatic ring is 1. The molecule has 0 unspecified atom stereocenters. The van der Waals surface area contributed by atoms with E-state index in [-0.39, 0.29) is 0 Å². The van der Waals surface area contributed by atoms with Crippen molar-refractivity contribution in [2.75, 3.05) is 5.73 Å². The van der Waals surface area contributed by atoms with Gasteiger partial charge in [0.1, 0.15) is 11.6 Å². The highest BCUT2D eigenvalue weighted by molar-refractivity contribution is 5.48. The first kappa shape index (κ1) is 10.8. The molecule has 2 aromatic heterocycles. The summed E-state index contributed by atoms with van der Waals surface area (Å²) >= 11 is 0. The van der Waals surface area contributed by atoms with Crippen molar-refractivity contribution < 1.29 is 0 Å². The Morgan fingerprint density at radius 3 is 2.72 bits per heavy atom. The van der Waals surface area contributed by atoms with Crippen LogP contribution in [0.4, 0.5) is 5.82 Å². The predicted molar refractivity (Wildman–Crippen MR) is 71.4 cm³/mol. The highest BCUT2D eigenvalue weighted by atomic mass is 15.3. The van der Waals surface area contributed by atoms with Crippen LogP contribution in [0.1, 0.15) is 17.0 Å². The maximum Gasteiger partial charge on any atom is 0.162 e. The predicted octanol–water partition coefficient (Wildman–Crippen LogP) is 2.21. The summed E-state index contributed by atoms with van der Waals surface area (Å²) in [7, 11) is 0. The van der Waals surface area contributed by atoms with E-state index in [0.717, 1.165) is 17.9 Å². The molecule has 0 aliphatic rings. The van der Waals surface area contributed by atoms with Gasteiger partial charge in [0, 0.05) is 6.42 Å². The lowest BCUT2D eigenvalue weighted by molar-refractivity contribution is 0.933. The van der Waals surface area contributed by atoms with Crippen LogP contribution in [-0.2, 0) is 6.42 Å². The lowest BCUT2D eigenvalue weighted by atomic mass is 10.1. The van der Waals surface area contributed by atoms with Gasteiger partial charge in [-0.05, 0) is 30.2 Å². The molecule has 18 heavy (non-hydrogen) atoms. The van der Waals surface area contributed by atoms with Crippen molar-refractivity contribution in [2.45, 2.75) is 13.3 Å². The molecule has 3 rings (SSSR count). The van der Waals surface area contributed by atoms with Crippen molar-refractivity contribution in [3.63, 3.8) is 0 Å². The Kier molecular flexibility index (Phi) is 2.48. The van der Waals surface area contributed by atoms with E-state index in [2.05, 4.69) is 29.3 Å². The van der Waals surface area contributed by atoms with Gasteiger partial charge >= 0.3 is 0 Å². The van der Waals surface area contributed by atoms with Gasteiger partial charge in [0.25, 0.3) is 0 Å². The minimum Gasteiger partial charge on any atom is -0.385 e. The molecular formula is C14H14N4. The topological polar surface area (TPSA) is 56.2 Å². The van der Waals surface area contributed by atoms with E-state index in [1.807, 2.05) is 34.7 Å². The second kappa shape index (κ2) is 4.14. The highest BCUT2D eigenvalue weighted by Gasteiger charge is 2.09. The van der Waals surface area contributed by atoms with Crippen LogP contribution in [0, 0.1) is 6.92 Å². The molecule has 2 heterocycles. The molecule has 0 amide bonds. The van der Waals surface area contributed by atoms with Gasteiger partial charge in [0.2, 0.25) is 0 Å². The molecule has 4 heteroatoms. The fourth-order valence-electron chi connectivity index (χ4n) is 2.12. The van der Waals surface area contributed by atoms with Crippen LogP contribution in [0.3, 0.4) is 0 Å². The fourth-order valence-corrected chi connectivity index (χ4v) is 2.12. The summed E-state index contributed by atoms with van der Waals surface area (Å²) in [6, 6.07) is 13.9. The van der Waals surface area contributed by atoms with E-state index in [0.29, 0.717) is 5.82 Å². The molecule has 0 saturated carbocycles. The molecule has 0 spiro atoms. The summed E-state index contributed by atoms with van der Waals surface area (Å²) in [5, 5.41) is 8.36. The van der Waals surface area contributed by atoms with Gasteiger partial charge in [-0.25, -0.2) is 0 Å². The average Bonchev–Trinajstić information content (AvgIpc) is 2.77. The first-order valence-electron chi connectivity index (χ1n) is 5.89. The van der Waals surface area contributed by atoms with E-state index in [1.54, 1.807) is 0 Å². The number of nitrogens with zero attached hydrogens (tertiary/aromatic N) is 3. The number of aromatic nitrogens is 3. The second-order valence-corrected chi connectivity index (χ2v) is 4.36. The van der Waals surface area contributed by atoms with Gasteiger partial charge in [-0.15, -0.1) is 10.2 Å². The van der Waals surface area contributed by atoms with Gasteiger partial charge < -0.3 is 5.73 Å². The molecule has 0 bridgehead atoms. The summed E-state index contributed by atoms with van der Waals surface area (Å²) in [5.41, 5.74) is 9.27. The summed E-state index contributed by atoms with van der Waals surface area (Å²) in [5.74, 6) is 1.54. The van der Waals surface area contributed by atoms with Crippen LogP contribution in [0.25, 0.3) is 5.65 Å². The Balaban J connectivity index is 2.09. The summed E-state index contributed by atoms with van der Waals surface area (Å²) < 4.78 is 1.90. The SMILES string of the molecule is Cc1ccccc1Cc1nnc2cccc(N)n12. The third-order valence-electron chi connectivity index (χ3n) is 3.14. The number of aryl methyl sites for hydroxylation is 1. The maximum atomic E-state index is 5.98. The van der Waals surface area contributed by atoms with Gasteiger partial charge in [0.05, 0.1) is 0 Å². The summed E-state index contributed by atoms with van der Waals surface area (Å²) in [6.45, 7) is 2.10. The lowest BCUT2D eigenvalue weighted by Gasteiger charge is -2.05.